The van der Waals surface area contributed by atoms with E-state index in [1.54, 1.807) is 18.0 Å². The molecule has 0 aliphatic carbocycles. The molecule has 1 heterocycles. The van der Waals surface area contributed by atoms with Crippen molar-refractivity contribution >= 4 is 5.91 Å². The average Bonchev–Trinajstić information content (AvgIpc) is 2.71. The normalized spacial score (nSPS) is 12.4. The molecule has 1 aromatic rings. The quantitative estimate of drug-likeness (QED) is 0.721. The molecule has 1 rings (SSSR count). The summed E-state index contributed by atoms with van der Waals surface area (Å²) in [7, 11) is 3.42. The molecule has 0 bridgehead atoms. The second-order valence-electron chi connectivity index (χ2n) is 4.22. The van der Waals surface area contributed by atoms with Crippen molar-refractivity contribution in [1.82, 2.24) is 15.1 Å². The van der Waals surface area contributed by atoms with Gasteiger partial charge in [-0.05, 0) is 19.4 Å². The van der Waals surface area contributed by atoms with Crippen molar-refractivity contribution in [3.8, 4) is 0 Å². The number of carbonyl (C=O) groups excluding carboxylic acids is 1. The van der Waals surface area contributed by atoms with Crippen LogP contribution in [0.15, 0.2) is 6.20 Å². The lowest BCUT2D eigenvalue weighted by atomic mass is 10.1. The first-order valence-corrected chi connectivity index (χ1v) is 6.14. The molecule has 1 amide bonds. The maximum absolute atomic E-state index is 12.1. The second kappa shape index (κ2) is 7.13. The Hall–Kier alpha value is -1.40. The van der Waals surface area contributed by atoms with E-state index in [4.69, 9.17) is 10.5 Å². The summed E-state index contributed by atoms with van der Waals surface area (Å²) in [5.41, 5.74) is 6.94. The zero-order chi connectivity index (χ0) is 13.5. The van der Waals surface area contributed by atoms with E-state index in [1.807, 2.05) is 14.0 Å². The molecule has 0 spiro atoms. The van der Waals surface area contributed by atoms with Gasteiger partial charge in [0, 0.05) is 20.4 Å². The molecule has 0 saturated heterocycles. The molecule has 1 atom stereocenters. The molecule has 6 heteroatoms. The molecule has 0 aliphatic rings. The first kappa shape index (κ1) is 14.7. The number of ether oxygens (including phenoxy) is 1. The maximum atomic E-state index is 12.1. The number of nitrogens with zero attached hydrogens (tertiary/aromatic N) is 2. The summed E-state index contributed by atoms with van der Waals surface area (Å²) in [6, 6.07) is -0.0580. The fraction of sp³-hybridized carbons (Fsp3) is 0.667. The molecular formula is C12H22N4O2. The van der Waals surface area contributed by atoms with Crippen molar-refractivity contribution in [1.29, 1.82) is 0 Å². The first-order valence-electron chi connectivity index (χ1n) is 6.14. The number of aryl methyl sites for hydroxylation is 2. The fourth-order valence-corrected chi connectivity index (χ4v) is 1.85. The smallest absolute Gasteiger partial charge is 0.255 e. The summed E-state index contributed by atoms with van der Waals surface area (Å²) in [4.78, 5) is 12.1. The summed E-state index contributed by atoms with van der Waals surface area (Å²) in [6.07, 6.45) is 3.16. The standard InChI is InChI=1S/C12H22N4O2/c1-4-11-10(7-16(2)15-11)12(17)14-9(5-6-13)8-18-3/h7,9H,4-6,8,13H2,1-3H3,(H,14,17). The Balaban J connectivity index is 2.73. The van der Waals surface area contributed by atoms with E-state index in [1.165, 1.54) is 0 Å². The van der Waals surface area contributed by atoms with Crippen molar-refractivity contribution in [3.63, 3.8) is 0 Å². The van der Waals surface area contributed by atoms with Crippen molar-refractivity contribution in [2.24, 2.45) is 12.8 Å². The van der Waals surface area contributed by atoms with Gasteiger partial charge in [-0.2, -0.15) is 5.10 Å². The van der Waals surface area contributed by atoms with Gasteiger partial charge in [-0.25, -0.2) is 0 Å². The van der Waals surface area contributed by atoms with Gasteiger partial charge in [0.25, 0.3) is 5.91 Å². The Kier molecular flexibility index (Phi) is 5.80. The van der Waals surface area contributed by atoms with Crippen LogP contribution in [0.4, 0.5) is 0 Å². The maximum Gasteiger partial charge on any atom is 0.255 e. The Morgan fingerprint density at radius 3 is 2.94 bits per heavy atom. The SMILES string of the molecule is CCc1nn(C)cc1C(=O)NC(CCN)COC. The van der Waals surface area contributed by atoms with Crippen LogP contribution in [0, 0.1) is 0 Å². The number of nitrogens with one attached hydrogen (secondary N) is 1. The van der Waals surface area contributed by atoms with E-state index in [0.29, 0.717) is 25.1 Å². The summed E-state index contributed by atoms with van der Waals surface area (Å²) >= 11 is 0. The van der Waals surface area contributed by atoms with Crippen LogP contribution >= 0.6 is 0 Å². The summed E-state index contributed by atoms with van der Waals surface area (Å²) in [6.45, 7) is 2.96. The van der Waals surface area contributed by atoms with Crippen LogP contribution in [0.2, 0.25) is 0 Å². The van der Waals surface area contributed by atoms with E-state index in [9.17, 15) is 4.79 Å². The van der Waals surface area contributed by atoms with Crippen molar-refractivity contribution in [3.05, 3.63) is 17.5 Å². The average molecular weight is 254 g/mol. The number of aromatic nitrogens is 2. The van der Waals surface area contributed by atoms with Crippen molar-refractivity contribution < 1.29 is 9.53 Å². The molecule has 1 unspecified atom stereocenters. The predicted octanol–water partition coefficient (Wildman–Crippen LogP) is 0.0761. The lowest BCUT2D eigenvalue weighted by Gasteiger charge is -2.16. The summed E-state index contributed by atoms with van der Waals surface area (Å²) in [5.74, 6) is -0.115. The van der Waals surface area contributed by atoms with Gasteiger partial charge >= 0.3 is 0 Å². The second-order valence-corrected chi connectivity index (χ2v) is 4.22. The van der Waals surface area contributed by atoms with Crippen LogP contribution in [0.25, 0.3) is 0 Å². The lowest BCUT2D eigenvalue weighted by molar-refractivity contribution is 0.0892. The molecule has 0 radical (unpaired) electrons. The van der Waals surface area contributed by atoms with E-state index in [2.05, 4.69) is 10.4 Å². The number of rotatable bonds is 7. The molecule has 0 aromatic carbocycles. The van der Waals surface area contributed by atoms with Crippen LogP contribution in [0.1, 0.15) is 29.4 Å². The number of nitrogens with two attached hydrogens (primary N) is 1. The zero-order valence-electron chi connectivity index (χ0n) is 11.3. The van der Waals surface area contributed by atoms with Gasteiger partial charge < -0.3 is 15.8 Å². The summed E-state index contributed by atoms with van der Waals surface area (Å²) in [5, 5.41) is 7.18. The predicted molar refractivity (Wildman–Crippen MR) is 69.4 cm³/mol. The number of carbonyl (C=O) groups is 1. The van der Waals surface area contributed by atoms with E-state index in [0.717, 1.165) is 12.1 Å². The number of amides is 1. The highest BCUT2D eigenvalue weighted by molar-refractivity contribution is 5.95. The van der Waals surface area contributed by atoms with E-state index >= 15 is 0 Å². The third-order valence-electron chi connectivity index (χ3n) is 2.70. The minimum absolute atomic E-state index is 0.0580. The monoisotopic (exact) mass is 254 g/mol. The number of hydrogen-bond acceptors (Lipinski definition) is 4. The van der Waals surface area contributed by atoms with Gasteiger partial charge in [0.1, 0.15) is 0 Å². The van der Waals surface area contributed by atoms with Gasteiger partial charge in [-0.3, -0.25) is 9.48 Å². The van der Waals surface area contributed by atoms with E-state index in [-0.39, 0.29) is 11.9 Å². The highest BCUT2D eigenvalue weighted by atomic mass is 16.5. The molecule has 1 aromatic heterocycles. The zero-order valence-corrected chi connectivity index (χ0v) is 11.3. The van der Waals surface area contributed by atoms with Crippen LogP contribution in [0.5, 0.6) is 0 Å². The van der Waals surface area contributed by atoms with Gasteiger partial charge in [0.2, 0.25) is 0 Å². The van der Waals surface area contributed by atoms with Crippen LogP contribution < -0.4 is 11.1 Å². The molecule has 0 aliphatic heterocycles. The molecule has 3 N–H and O–H groups in total. The topological polar surface area (TPSA) is 82.2 Å². The third kappa shape index (κ3) is 3.82. The van der Waals surface area contributed by atoms with Gasteiger partial charge in [0.15, 0.2) is 0 Å². The Morgan fingerprint density at radius 2 is 2.39 bits per heavy atom. The molecule has 0 fully saturated rings. The molecule has 18 heavy (non-hydrogen) atoms. The van der Waals surface area contributed by atoms with E-state index < -0.39 is 0 Å². The molecule has 6 nitrogen and oxygen atoms in total. The fourth-order valence-electron chi connectivity index (χ4n) is 1.85. The number of methoxy groups -OCH3 is 1. The Labute approximate surface area is 107 Å². The van der Waals surface area contributed by atoms with Gasteiger partial charge in [-0.1, -0.05) is 6.92 Å². The lowest BCUT2D eigenvalue weighted by Crippen LogP contribution is -2.39. The summed E-state index contributed by atoms with van der Waals surface area (Å²) < 4.78 is 6.72. The largest absolute Gasteiger partial charge is 0.383 e. The molecular weight excluding hydrogens is 232 g/mol. The highest BCUT2D eigenvalue weighted by Gasteiger charge is 2.17. The minimum Gasteiger partial charge on any atom is -0.383 e. The Morgan fingerprint density at radius 1 is 1.67 bits per heavy atom. The van der Waals surface area contributed by atoms with Crippen molar-refractivity contribution in [2.75, 3.05) is 20.3 Å². The van der Waals surface area contributed by atoms with Crippen molar-refractivity contribution in [2.45, 2.75) is 25.8 Å². The van der Waals surface area contributed by atoms with Crippen LogP contribution in [-0.2, 0) is 18.2 Å². The number of hydrogen-bond donors (Lipinski definition) is 2. The highest BCUT2D eigenvalue weighted by Crippen LogP contribution is 2.07. The van der Waals surface area contributed by atoms with Gasteiger partial charge in [0.05, 0.1) is 23.9 Å². The first-order chi connectivity index (χ1) is 8.62. The molecule has 102 valence electrons. The third-order valence-corrected chi connectivity index (χ3v) is 2.70. The minimum atomic E-state index is -0.115. The molecule has 0 saturated carbocycles. The van der Waals surface area contributed by atoms with Gasteiger partial charge in [-0.15, -0.1) is 0 Å². The Bertz CT molecular complexity index is 383. The van der Waals surface area contributed by atoms with Crippen LogP contribution in [0.3, 0.4) is 0 Å². The van der Waals surface area contributed by atoms with Crippen LogP contribution in [-0.4, -0.2) is 42.0 Å².